The molecule has 3 rings (SSSR count). The molecule has 1 aromatic carbocycles. The molecule has 0 bridgehead atoms. The summed E-state index contributed by atoms with van der Waals surface area (Å²) >= 11 is 0. The van der Waals surface area contributed by atoms with Crippen LogP contribution in [0.5, 0.6) is 5.88 Å². The van der Waals surface area contributed by atoms with Gasteiger partial charge in [0, 0.05) is 17.0 Å². The third-order valence-electron chi connectivity index (χ3n) is 3.30. The number of hydrogen-bond acceptors (Lipinski definition) is 4. The molecule has 5 heteroatoms. The molecule has 0 fully saturated rings. The lowest BCUT2D eigenvalue weighted by atomic mass is 9.98. The van der Waals surface area contributed by atoms with Crippen LogP contribution in [0.2, 0.25) is 0 Å². The Labute approximate surface area is 126 Å². The zero-order valence-electron chi connectivity index (χ0n) is 12.0. The molecule has 0 amide bonds. The fourth-order valence-electron chi connectivity index (χ4n) is 2.40. The summed E-state index contributed by atoms with van der Waals surface area (Å²) in [6.45, 7) is 2.21. The molecular weight excluding hydrogens is 278 g/mol. The Bertz CT molecular complexity index is 924. The van der Waals surface area contributed by atoms with E-state index in [4.69, 9.17) is 4.74 Å². The molecular formula is C17H13N3O2. The number of fused-ring (bicyclic) bond motifs is 1. The van der Waals surface area contributed by atoms with Gasteiger partial charge in [-0.05, 0) is 18.6 Å². The lowest BCUT2D eigenvalue weighted by molar-refractivity contribution is 0.327. The van der Waals surface area contributed by atoms with E-state index >= 15 is 0 Å². The predicted octanol–water partition coefficient (Wildman–Crippen LogP) is 2.86. The molecule has 0 spiro atoms. The second kappa shape index (κ2) is 5.70. The van der Waals surface area contributed by atoms with Gasteiger partial charge in [0.25, 0.3) is 0 Å². The molecule has 0 unspecified atom stereocenters. The van der Waals surface area contributed by atoms with Crippen LogP contribution in [0, 0.1) is 11.3 Å². The summed E-state index contributed by atoms with van der Waals surface area (Å²) in [5, 5.41) is 10.3. The van der Waals surface area contributed by atoms with Crippen molar-refractivity contribution in [3.05, 3.63) is 58.4 Å². The number of nitriles is 1. The summed E-state index contributed by atoms with van der Waals surface area (Å²) < 4.78 is 5.48. The summed E-state index contributed by atoms with van der Waals surface area (Å²) in [5.41, 5.74) is 2.12. The first-order valence-corrected chi connectivity index (χ1v) is 6.90. The van der Waals surface area contributed by atoms with E-state index in [1.807, 2.05) is 37.3 Å². The Morgan fingerprint density at radius 2 is 2.00 bits per heavy atom. The van der Waals surface area contributed by atoms with Crippen molar-refractivity contribution < 1.29 is 4.74 Å². The average molecular weight is 291 g/mol. The van der Waals surface area contributed by atoms with E-state index in [1.165, 1.54) is 6.07 Å². The molecule has 5 nitrogen and oxygen atoms in total. The summed E-state index contributed by atoms with van der Waals surface area (Å²) in [5.74, 6) is 0.234. The number of hydrogen-bond donors (Lipinski definition) is 1. The van der Waals surface area contributed by atoms with Gasteiger partial charge in [0.05, 0.1) is 6.61 Å². The number of H-pyrrole nitrogens is 1. The standard InChI is InChI=1S/C17H13N3O2/c1-2-22-17-13(10-18)15(11-6-4-3-5-7-11)12-8-9-14(21)19-16(12)20-17/h3-9H,2H2,1H3,(H,19,20,21). The predicted molar refractivity (Wildman–Crippen MR) is 83.7 cm³/mol. The van der Waals surface area contributed by atoms with E-state index in [-0.39, 0.29) is 11.4 Å². The molecule has 108 valence electrons. The van der Waals surface area contributed by atoms with E-state index in [1.54, 1.807) is 6.07 Å². The van der Waals surface area contributed by atoms with Crippen molar-refractivity contribution in [3.63, 3.8) is 0 Å². The van der Waals surface area contributed by atoms with Crippen LogP contribution in [0.25, 0.3) is 22.2 Å². The third kappa shape index (κ3) is 2.31. The minimum atomic E-state index is -0.244. The van der Waals surface area contributed by atoms with Gasteiger partial charge in [-0.25, -0.2) is 0 Å². The molecule has 2 aromatic heterocycles. The molecule has 0 aliphatic heterocycles. The van der Waals surface area contributed by atoms with Crippen LogP contribution in [0.15, 0.2) is 47.3 Å². The van der Waals surface area contributed by atoms with E-state index in [9.17, 15) is 10.1 Å². The SMILES string of the molecule is CCOc1nc2[nH]c(=O)ccc2c(-c2ccccc2)c1C#N. The fourth-order valence-corrected chi connectivity index (χ4v) is 2.40. The molecule has 22 heavy (non-hydrogen) atoms. The second-order valence-corrected chi connectivity index (χ2v) is 4.66. The Balaban J connectivity index is 2.45. The van der Waals surface area contributed by atoms with E-state index < -0.39 is 0 Å². The van der Waals surface area contributed by atoms with Gasteiger partial charge in [-0.15, -0.1) is 0 Å². The highest BCUT2D eigenvalue weighted by Gasteiger charge is 2.17. The van der Waals surface area contributed by atoms with Crippen LogP contribution in [0.4, 0.5) is 0 Å². The summed E-state index contributed by atoms with van der Waals surface area (Å²) in [4.78, 5) is 18.5. The Morgan fingerprint density at radius 3 is 2.68 bits per heavy atom. The fraction of sp³-hybridized carbons (Fsp3) is 0.118. The smallest absolute Gasteiger partial charge is 0.249 e. The highest BCUT2D eigenvalue weighted by atomic mass is 16.5. The van der Waals surface area contributed by atoms with Crippen molar-refractivity contribution in [1.29, 1.82) is 5.26 Å². The highest BCUT2D eigenvalue weighted by molar-refractivity contribution is 5.96. The van der Waals surface area contributed by atoms with Crippen molar-refractivity contribution in [2.45, 2.75) is 6.92 Å². The largest absolute Gasteiger partial charge is 0.477 e. The number of aromatic amines is 1. The number of benzene rings is 1. The molecule has 0 radical (unpaired) electrons. The minimum absolute atomic E-state index is 0.234. The van der Waals surface area contributed by atoms with Gasteiger partial charge in [-0.1, -0.05) is 30.3 Å². The zero-order chi connectivity index (χ0) is 15.5. The van der Waals surface area contributed by atoms with Crippen LogP contribution in [-0.2, 0) is 0 Å². The normalized spacial score (nSPS) is 10.4. The van der Waals surface area contributed by atoms with Gasteiger partial charge < -0.3 is 9.72 Å². The first-order chi connectivity index (χ1) is 10.7. The first kappa shape index (κ1) is 13.8. The second-order valence-electron chi connectivity index (χ2n) is 4.66. The van der Waals surface area contributed by atoms with Crippen LogP contribution in [-0.4, -0.2) is 16.6 Å². The third-order valence-corrected chi connectivity index (χ3v) is 3.30. The lowest BCUT2D eigenvalue weighted by Gasteiger charge is -2.12. The quantitative estimate of drug-likeness (QED) is 0.804. The average Bonchev–Trinajstić information content (AvgIpc) is 2.54. The first-order valence-electron chi connectivity index (χ1n) is 6.90. The number of rotatable bonds is 3. The summed E-state index contributed by atoms with van der Waals surface area (Å²) in [6, 6.07) is 14.8. The molecule has 1 N–H and O–H groups in total. The molecule has 0 aliphatic rings. The Morgan fingerprint density at radius 1 is 1.23 bits per heavy atom. The maximum absolute atomic E-state index is 11.6. The maximum Gasteiger partial charge on any atom is 0.249 e. The van der Waals surface area contributed by atoms with Gasteiger partial charge in [0.15, 0.2) is 0 Å². The van der Waals surface area contributed by atoms with Gasteiger partial charge in [0.1, 0.15) is 17.3 Å². The van der Waals surface area contributed by atoms with Gasteiger partial charge >= 0.3 is 0 Å². The van der Waals surface area contributed by atoms with Gasteiger partial charge in [-0.3, -0.25) is 4.79 Å². The van der Waals surface area contributed by atoms with Crippen molar-refractivity contribution in [2.75, 3.05) is 6.61 Å². The van der Waals surface area contributed by atoms with Crippen molar-refractivity contribution in [3.8, 4) is 23.1 Å². The van der Waals surface area contributed by atoms with E-state index in [0.717, 1.165) is 5.56 Å². The number of nitrogens with one attached hydrogen (secondary N) is 1. The molecule has 0 atom stereocenters. The molecule has 0 saturated heterocycles. The Hall–Kier alpha value is -3.13. The van der Waals surface area contributed by atoms with Crippen LogP contribution in [0.1, 0.15) is 12.5 Å². The lowest BCUT2D eigenvalue weighted by Crippen LogP contribution is -2.07. The molecule has 0 aliphatic carbocycles. The van der Waals surface area contributed by atoms with Crippen molar-refractivity contribution in [2.24, 2.45) is 0 Å². The maximum atomic E-state index is 11.6. The van der Waals surface area contributed by atoms with E-state index in [2.05, 4.69) is 16.0 Å². The summed E-state index contributed by atoms with van der Waals surface area (Å²) in [6.07, 6.45) is 0. The topological polar surface area (TPSA) is 78.8 Å². The Kier molecular flexibility index (Phi) is 3.58. The van der Waals surface area contributed by atoms with E-state index in [0.29, 0.717) is 28.8 Å². The molecule has 0 saturated carbocycles. The van der Waals surface area contributed by atoms with Crippen LogP contribution in [0.3, 0.4) is 0 Å². The summed E-state index contributed by atoms with van der Waals surface area (Å²) in [7, 11) is 0. The molecule has 2 heterocycles. The van der Waals surface area contributed by atoms with Gasteiger partial charge in [-0.2, -0.15) is 10.2 Å². The highest BCUT2D eigenvalue weighted by Crippen LogP contribution is 2.34. The number of nitrogens with zero attached hydrogens (tertiary/aromatic N) is 2. The zero-order valence-corrected chi connectivity index (χ0v) is 12.0. The minimum Gasteiger partial charge on any atom is -0.477 e. The van der Waals surface area contributed by atoms with Gasteiger partial charge in [0.2, 0.25) is 11.4 Å². The number of ether oxygens (including phenoxy) is 1. The number of pyridine rings is 2. The van der Waals surface area contributed by atoms with Crippen LogP contribution < -0.4 is 10.3 Å². The molecule has 3 aromatic rings. The monoisotopic (exact) mass is 291 g/mol. The van der Waals surface area contributed by atoms with Crippen LogP contribution >= 0.6 is 0 Å². The van der Waals surface area contributed by atoms with Crippen molar-refractivity contribution in [1.82, 2.24) is 9.97 Å². The van der Waals surface area contributed by atoms with Crippen molar-refractivity contribution >= 4 is 11.0 Å². The number of aromatic nitrogens is 2.